The molecule has 3 nitrogen and oxygen atoms in total. The predicted octanol–water partition coefficient (Wildman–Crippen LogP) is 1.40. The summed E-state index contributed by atoms with van der Waals surface area (Å²) in [5, 5.41) is 26.5. The summed E-state index contributed by atoms with van der Waals surface area (Å²) in [7, 11) is 0. The van der Waals surface area contributed by atoms with Gasteiger partial charge in [-0.15, -0.1) is 0 Å². The number of aliphatic hydroxyl groups is 2. The Morgan fingerprint density at radius 2 is 2.07 bits per heavy atom. The van der Waals surface area contributed by atoms with Gasteiger partial charge < -0.3 is 10.2 Å². The van der Waals surface area contributed by atoms with Crippen molar-refractivity contribution in [3.63, 3.8) is 0 Å². The zero-order chi connectivity index (χ0) is 10.7. The van der Waals surface area contributed by atoms with Crippen LogP contribution in [-0.4, -0.2) is 16.3 Å². The number of halogens is 2. The fraction of sp³-hybridized carbons (Fsp3) is 0.222. The van der Waals surface area contributed by atoms with E-state index >= 15 is 0 Å². The van der Waals surface area contributed by atoms with Crippen molar-refractivity contribution in [1.29, 1.82) is 5.26 Å². The van der Waals surface area contributed by atoms with Gasteiger partial charge in [0.15, 0.2) is 6.10 Å². The first-order chi connectivity index (χ1) is 6.56. The first-order valence-corrected chi connectivity index (χ1v) is 4.14. The molecule has 0 heterocycles. The standard InChI is InChI=1S/C9H7ClFNO2/c10-6-2-1-5(3-7(6)11)9(14)8(13)4-12/h1-3,8-9,13-14H. The Labute approximate surface area is 85.0 Å². The third-order valence-electron chi connectivity index (χ3n) is 1.72. The van der Waals surface area contributed by atoms with Crippen LogP contribution in [0.4, 0.5) is 4.39 Å². The van der Waals surface area contributed by atoms with Crippen molar-refractivity contribution in [2.24, 2.45) is 0 Å². The Balaban J connectivity index is 2.98. The van der Waals surface area contributed by atoms with Crippen molar-refractivity contribution in [3.05, 3.63) is 34.6 Å². The molecule has 0 bridgehead atoms. The fourth-order valence-electron chi connectivity index (χ4n) is 0.949. The Hall–Kier alpha value is -1.15. The van der Waals surface area contributed by atoms with Crippen LogP contribution < -0.4 is 0 Å². The molecule has 74 valence electrons. The van der Waals surface area contributed by atoms with Crippen molar-refractivity contribution < 1.29 is 14.6 Å². The van der Waals surface area contributed by atoms with Crippen LogP contribution in [0.5, 0.6) is 0 Å². The molecule has 0 saturated carbocycles. The summed E-state index contributed by atoms with van der Waals surface area (Å²) in [5.74, 6) is -0.701. The number of hydrogen-bond donors (Lipinski definition) is 2. The summed E-state index contributed by atoms with van der Waals surface area (Å²) in [5.41, 5.74) is 0.112. The van der Waals surface area contributed by atoms with E-state index in [9.17, 15) is 9.50 Å². The van der Waals surface area contributed by atoms with Crippen molar-refractivity contribution in [2.45, 2.75) is 12.2 Å². The maximum atomic E-state index is 12.9. The molecule has 0 aliphatic heterocycles. The Bertz CT molecular complexity index is 378. The van der Waals surface area contributed by atoms with Crippen molar-refractivity contribution in [1.82, 2.24) is 0 Å². The minimum atomic E-state index is -1.57. The van der Waals surface area contributed by atoms with Crippen LogP contribution in [0.2, 0.25) is 5.02 Å². The average Bonchev–Trinajstić information content (AvgIpc) is 2.20. The quantitative estimate of drug-likeness (QED) is 0.733. The molecule has 14 heavy (non-hydrogen) atoms. The van der Waals surface area contributed by atoms with Crippen molar-refractivity contribution in [2.75, 3.05) is 0 Å². The molecule has 1 rings (SSSR count). The molecule has 2 N–H and O–H groups in total. The monoisotopic (exact) mass is 215 g/mol. The lowest BCUT2D eigenvalue weighted by Gasteiger charge is -2.11. The summed E-state index contributed by atoms with van der Waals surface area (Å²) < 4.78 is 12.9. The highest BCUT2D eigenvalue weighted by molar-refractivity contribution is 6.30. The van der Waals surface area contributed by atoms with Crippen molar-refractivity contribution >= 4 is 11.6 Å². The van der Waals surface area contributed by atoms with Gasteiger partial charge in [-0.3, -0.25) is 0 Å². The molecule has 0 saturated heterocycles. The first-order valence-electron chi connectivity index (χ1n) is 3.77. The summed E-state index contributed by atoms with van der Waals surface area (Å²) in [6.07, 6.45) is -3.00. The van der Waals surface area contributed by atoms with Gasteiger partial charge in [-0.25, -0.2) is 4.39 Å². The van der Waals surface area contributed by atoms with Gasteiger partial charge in [0.2, 0.25) is 0 Å². The van der Waals surface area contributed by atoms with Gasteiger partial charge in [0, 0.05) is 0 Å². The molecule has 1 aromatic carbocycles. The van der Waals surface area contributed by atoms with Crippen LogP contribution in [0.3, 0.4) is 0 Å². The summed E-state index contributed by atoms with van der Waals surface area (Å²) in [6.45, 7) is 0. The summed E-state index contributed by atoms with van der Waals surface area (Å²) in [4.78, 5) is 0. The molecule has 0 aliphatic carbocycles. The number of rotatable bonds is 2. The molecule has 1 aromatic rings. The summed E-state index contributed by atoms with van der Waals surface area (Å²) >= 11 is 5.41. The van der Waals surface area contributed by atoms with Crippen LogP contribution in [0.1, 0.15) is 11.7 Å². The lowest BCUT2D eigenvalue weighted by Crippen LogP contribution is -2.15. The molecule has 0 aliphatic rings. The minimum absolute atomic E-state index is 0.0765. The van der Waals surface area contributed by atoms with E-state index in [0.717, 1.165) is 6.07 Å². The largest absolute Gasteiger partial charge is 0.385 e. The second-order valence-electron chi connectivity index (χ2n) is 2.69. The molecule has 2 atom stereocenters. The average molecular weight is 216 g/mol. The molecule has 0 radical (unpaired) electrons. The second-order valence-corrected chi connectivity index (χ2v) is 3.10. The van der Waals surface area contributed by atoms with E-state index < -0.39 is 18.0 Å². The van der Waals surface area contributed by atoms with Crippen LogP contribution in [0.15, 0.2) is 18.2 Å². The number of nitrogens with zero attached hydrogens (tertiary/aromatic N) is 1. The first kappa shape index (κ1) is 10.9. The number of benzene rings is 1. The van der Waals surface area contributed by atoms with Gasteiger partial charge in [0.1, 0.15) is 11.9 Å². The number of aliphatic hydroxyl groups excluding tert-OH is 2. The van der Waals surface area contributed by atoms with Gasteiger partial charge in [-0.05, 0) is 17.7 Å². The van der Waals surface area contributed by atoms with Crippen LogP contribution in [-0.2, 0) is 0 Å². The van der Waals surface area contributed by atoms with E-state index in [4.69, 9.17) is 22.0 Å². The van der Waals surface area contributed by atoms with E-state index in [2.05, 4.69) is 0 Å². The Morgan fingerprint density at radius 3 is 2.57 bits per heavy atom. The molecule has 0 fully saturated rings. The number of nitriles is 1. The van der Waals surface area contributed by atoms with E-state index in [1.807, 2.05) is 0 Å². The minimum Gasteiger partial charge on any atom is -0.385 e. The maximum Gasteiger partial charge on any atom is 0.170 e. The predicted molar refractivity (Wildman–Crippen MR) is 48.0 cm³/mol. The van der Waals surface area contributed by atoms with Gasteiger partial charge in [0.25, 0.3) is 0 Å². The van der Waals surface area contributed by atoms with E-state index in [1.54, 1.807) is 0 Å². The van der Waals surface area contributed by atoms with Crippen LogP contribution >= 0.6 is 11.6 Å². The van der Waals surface area contributed by atoms with Crippen LogP contribution in [0, 0.1) is 17.1 Å². The third kappa shape index (κ3) is 2.20. The molecular formula is C9H7ClFNO2. The fourth-order valence-corrected chi connectivity index (χ4v) is 1.07. The van der Waals surface area contributed by atoms with Crippen molar-refractivity contribution in [3.8, 4) is 6.07 Å². The third-order valence-corrected chi connectivity index (χ3v) is 2.02. The SMILES string of the molecule is N#CC(O)C(O)c1ccc(Cl)c(F)c1. The van der Waals surface area contributed by atoms with Gasteiger partial charge in [0.05, 0.1) is 11.1 Å². The second kappa shape index (κ2) is 4.38. The summed E-state index contributed by atoms with van der Waals surface area (Å²) in [6, 6.07) is 5.02. The molecular weight excluding hydrogens is 209 g/mol. The zero-order valence-electron chi connectivity index (χ0n) is 6.98. The van der Waals surface area contributed by atoms with E-state index in [0.29, 0.717) is 0 Å². The highest BCUT2D eigenvalue weighted by Gasteiger charge is 2.18. The molecule has 0 aromatic heterocycles. The Kier molecular flexibility index (Phi) is 3.42. The molecule has 0 spiro atoms. The van der Waals surface area contributed by atoms with E-state index in [-0.39, 0.29) is 10.6 Å². The maximum absolute atomic E-state index is 12.9. The van der Waals surface area contributed by atoms with Gasteiger partial charge in [-0.2, -0.15) is 5.26 Å². The smallest absolute Gasteiger partial charge is 0.170 e. The lowest BCUT2D eigenvalue weighted by atomic mass is 10.1. The zero-order valence-corrected chi connectivity index (χ0v) is 7.74. The highest BCUT2D eigenvalue weighted by Crippen LogP contribution is 2.21. The topological polar surface area (TPSA) is 64.2 Å². The molecule has 2 unspecified atom stereocenters. The van der Waals surface area contributed by atoms with E-state index in [1.165, 1.54) is 18.2 Å². The highest BCUT2D eigenvalue weighted by atomic mass is 35.5. The Morgan fingerprint density at radius 1 is 1.43 bits per heavy atom. The lowest BCUT2D eigenvalue weighted by molar-refractivity contribution is 0.0526. The van der Waals surface area contributed by atoms with Gasteiger partial charge in [-0.1, -0.05) is 17.7 Å². The molecule has 0 amide bonds. The van der Waals surface area contributed by atoms with Crippen LogP contribution in [0.25, 0.3) is 0 Å². The molecule has 5 heteroatoms. The van der Waals surface area contributed by atoms with Gasteiger partial charge >= 0.3 is 0 Å². The normalized spacial score (nSPS) is 14.5. The number of hydrogen-bond acceptors (Lipinski definition) is 3.